The van der Waals surface area contributed by atoms with Crippen LogP contribution >= 0.6 is 11.3 Å². The van der Waals surface area contributed by atoms with E-state index < -0.39 is 47.1 Å². The number of halogens is 4. The SMILES string of the molecule is C[C@]1(C(N)=O)COc2c1cc([C@@](O)(CNC(=O)c1nc3cccnc3s1)C(F)(F)F)nc2-c1ccc(F)cc1. The molecule has 9 nitrogen and oxygen atoms in total. The number of hydrogen-bond acceptors (Lipinski definition) is 8. The lowest BCUT2D eigenvalue weighted by molar-refractivity contribution is -0.265. The second-order valence-corrected chi connectivity index (χ2v) is 10.1. The molecule has 1 aromatic carbocycles. The van der Waals surface area contributed by atoms with Crippen LogP contribution in [-0.4, -0.2) is 51.2 Å². The molecule has 2 amide bonds. The third kappa shape index (κ3) is 4.44. The molecule has 14 heteroatoms. The largest absolute Gasteiger partial charge is 0.489 e. The number of thiazole rings is 1. The van der Waals surface area contributed by atoms with Gasteiger partial charge >= 0.3 is 6.18 Å². The van der Waals surface area contributed by atoms with Gasteiger partial charge in [-0.15, -0.1) is 0 Å². The van der Waals surface area contributed by atoms with Gasteiger partial charge in [-0.25, -0.2) is 19.3 Å². The van der Waals surface area contributed by atoms with Crippen molar-refractivity contribution in [2.45, 2.75) is 24.1 Å². The third-order valence-corrected chi connectivity index (χ3v) is 7.47. The van der Waals surface area contributed by atoms with Gasteiger partial charge in [-0.2, -0.15) is 13.2 Å². The number of benzene rings is 1. The van der Waals surface area contributed by atoms with Gasteiger partial charge in [0.1, 0.15) is 39.6 Å². The van der Waals surface area contributed by atoms with Crippen LogP contribution in [0.5, 0.6) is 5.75 Å². The topological polar surface area (TPSA) is 140 Å². The zero-order valence-corrected chi connectivity index (χ0v) is 20.9. The maximum absolute atomic E-state index is 14.5. The van der Waals surface area contributed by atoms with E-state index in [0.29, 0.717) is 10.3 Å². The Morgan fingerprint density at radius 1 is 1.21 bits per heavy atom. The minimum Gasteiger partial charge on any atom is -0.489 e. The van der Waals surface area contributed by atoms with Crippen molar-refractivity contribution in [1.29, 1.82) is 0 Å². The van der Waals surface area contributed by atoms with Gasteiger partial charge in [-0.05, 0) is 49.4 Å². The Morgan fingerprint density at radius 2 is 1.92 bits per heavy atom. The zero-order valence-electron chi connectivity index (χ0n) is 20.0. The first-order valence-corrected chi connectivity index (χ1v) is 12.2. The van der Waals surface area contributed by atoms with Gasteiger partial charge in [0.15, 0.2) is 5.01 Å². The first-order chi connectivity index (χ1) is 18.3. The smallest absolute Gasteiger partial charge is 0.424 e. The molecule has 0 radical (unpaired) electrons. The molecule has 4 aromatic rings. The number of pyridine rings is 2. The van der Waals surface area contributed by atoms with E-state index in [9.17, 15) is 32.3 Å². The Bertz CT molecular complexity index is 1580. The van der Waals surface area contributed by atoms with Crippen LogP contribution in [0.3, 0.4) is 0 Å². The summed E-state index contributed by atoms with van der Waals surface area (Å²) in [6.45, 7) is -0.236. The predicted octanol–water partition coefficient (Wildman–Crippen LogP) is 3.21. The summed E-state index contributed by atoms with van der Waals surface area (Å²) in [4.78, 5) is 37.6. The van der Waals surface area contributed by atoms with Crippen molar-refractivity contribution in [1.82, 2.24) is 20.3 Å². The highest BCUT2D eigenvalue weighted by Gasteiger charge is 2.57. The number of ether oxygens (including phenoxy) is 1. The number of primary amides is 1. The first-order valence-electron chi connectivity index (χ1n) is 11.4. The zero-order chi connectivity index (χ0) is 28.2. The monoisotopic (exact) mass is 561 g/mol. The summed E-state index contributed by atoms with van der Waals surface area (Å²) in [6.07, 6.45) is -3.86. The second-order valence-electron chi connectivity index (χ2n) is 9.11. The Kier molecular flexibility index (Phi) is 6.26. The van der Waals surface area contributed by atoms with Crippen LogP contribution in [0, 0.1) is 5.82 Å². The van der Waals surface area contributed by atoms with Gasteiger partial charge in [0, 0.05) is 17.3 Å². The van der Waals surface area contributed by atoms with E-state index in [1.807, 2.05) is 0 Å². The summed E-state index contributed by atoms with van der Waals surface area (Å²) in [5, 5.41) is 13.0. The number of aromatic nitrogens is 3. The molecule has 0 unspecified atom stereocenters. The number of nitrogens with zero attached hydrogens (tertiary/aromatic N) is 3. The molecule has 2 atom stereocenters. The molecule has 1 aliphatic rings. The molecule has 39 heavy (non-hydrogen) atoms. The minimum absolute atomic E-state index is 0.0257. The number of fused-ring (bicyclic) bond motifs is 2. The van der Waals surface area contributed by atoms with Crippen molar-refractivity contribution in [2.75, 3.05) is 13.2 Å². The summed E-state index contributed by atoms with van der Waals surface area (Å²) in [5.41, 5.74) is -0.277. The fraction of sp³-hybridized carbons (Fsp3) is 0.240. The van der Waals surface area contributed by atoms with Crippen molar-refractivity contribution in [3.63, 3.8) is 0 Å². The lowest BCUT2D eigenvalue weighted by Gasteiger charge is -2.31. The number of carbonyl (C=O) groups is 2. The standard InChI is InChI=1S/C25H19F4N5O4S/c1-23(22(30)36)11-38-18-14(23)9-16(34-17(18)12-4-6-13(26)7-5-12)24(37,25(27,28)29)10-32-19(35)21-33-15-3-2-8-31-20(15)39-21/h2-9,37H,10-11H2,1H3,(H2,30,36)(H,32,35)/t23-,24-/m0/s1. The van der Waals surface area contributed by atoms with E-state index in [1.54, 1.807) is 12.1 Å². The molecule has 4 heterocycles. The van der Waals surface area contributed by atoms with Gasteiger partial charge in [0.05, 0.1) is 12.2 Å². The molecule has 1 aliphatic heterocycles. The van der Waals surface area contributed by atoms with Crippen LogP contribution in [0.1, 0.15) is 28.0 Å². The van der Waals surface area contributed by atoms with E-state index in [4.69, 9.17) is 10.5 Å². The average molecular weight is 562 g/mol. The van der Waals surface area contributed by atoms with Crippen molar-refractivity contribution >= 4 is 33.5 Å². The fourth-order valence-corrected chi connectivity index (χ4v) is 4.91. The number of amides is 2. The highest BCUT2D eigenvalue weighted by molar-refractivity contribution is 7.19. The number of nitrogens with one attached hydrogen (secondary N) is 1. The molecule has 4 N–H and O–H groups in total. The summed E-state index contributed by atoms with van der Waals surface area (Å²) >= 11 is 0.868. The molecule has 0 spiro atoms. The van der Waals surface area contributed by atoms with Gasteiger partial charge in [-0.1, -0.05) is 11.3 Å². The summed E-state index contributed by atoms with van der Waals surface area (Å²) in [7, 11) is 0. The second kappa shape index (κ2) is 9.24. The summed E-state index contributed by atoms with van der Waals surface area (Å²) in [5.74, 6) is -2.47. The molecule has 0 bridgehead atoms. The first kappa shape index (κ1) is 26.4. The number of nitrogens with two attached hydrogens (primary N) is 1. The number of carbonyl (C=O) groups excluding carboxylic acids is 2. The minimum atomic E-state index is -5.33. The molecular weight excluding hydrogens is 542 g/mol. The molecule has 0 fully saturated rings. The lowest BCUT2D eigenvalue weighted by Crippen LogP contribution is -2.51. The molecule has 3 aromatic heterocycles. The van der Waals surface area contributed by atoms with E-state index in [2.05, 4.69) is 20.3 Å². The number of hydrogen-bond donors (Lipinski definition) is 3. The van der Waals surface area contributed by atoms with Gasteiger partial charge < -0.3 is 20.9 Å². The molecule has 0 saturated heterocycles. The Hall–Kier alpha value is -4.17. The Labute approximate surface area is 221 Å². The van der Waals surface area contributed by atoms with Crippen molar-refractivity contribution in [2.24, 2.45) is 5.73 Å². The Morgan fingerprint density at radius 3 is 2.56 bits per heavy atom. The van der Waals surface area contributed by atoms with E-state index in [1.165, 1.54) is 25.3 Å². The summed E-state index contributed by atoms with van der Waals surface area (Å²) < 4.78 is 62.6. The van der Waals surface area contributed by atoms with Crippen LogP contribution in [0.15, 0.2) is 48.7 Å². The third-order valence-electron chi connectivity index (χ3n) is 6.49. The van der Waals surface area contributed by atoms with Crippen LogP contribution in [0.2, 0.25) is 0 Å². The fourth-order valence-electron chi connectivity index (χ4n) is 4.09. The predicted molar refractivity (Wildman–Crippen MR) is 131 cm³/mol. The number of alkyl halides is 3. The highest BCUT2D eigenvalue weighted by atomic mass is 32.1. The molecule has 0 aliphatic carbocycles. The van der Waals surface area contributed by atoms with E-state index in [-0.39, 0.29) is 34.2 Å². The van der Waals surface area contributed by atoms with Crippen LogP contribution in [0.4, 0.5) is 17.6 Å². The van der Waals surface area contributed by atoms with E-state index >= 15 is 0 Å². The summed E-state index contributed by atoms with van der Waals surface area (Å²) in [6, 6.07) is 8.74. The average Bonchev–Trinajstić information content (AvgIpc) is 3.49. The van der Waals surface area contributed by atoms with Crippen LogP contribution in [-0.2, 0) is 15.8 Å². The van der Waals surface area contributed by atoms with Crippen LogP contribution < -0.4 is 15.8 Å². The van der Waals surface area contributed by atoms with Crippen molar-refractivity contribution in [3.05, 3.63) is 70.7 Å². The van der Waals surface area contributed by atoms with Gasteiger partial charge in [0.2, 0.25) is 11.5 Å². The number of rotatable bonds is 6. The van der Waals surface area contributed by atoms with Gasteiger partial charge in [-0.3, -0.25) is 9.59 Å². The highest BCUT2D eigenvalue weighted by Crippen LogP contribution is 2.47. The number of aliphatic hydroxyl groups is 1. The van der Waals surface area contributed by atoms with Crippen LogP contribution in [0.25, 0.3) is 21.6 Å². The van der Waals surface area contributed by atoms with E-state index in [0.717, 1.165) is 29.5 Å². The molecular formula is C25H19F4N5O4S. The quantitative estimate of drug-likeness (QED) is 0.307. The Balaban J connectivity index is 1.59. The normalized spacial score (nSPS) is 18.3. The molecule has 0 saturated carbocycles. The maximum atomic E-state index is 14.5. The van der Waals surface area contributed by atoms with Crippen molar-refractivity contribution in [3.8, 4) is 17.0 Å². The molecule has 202 valence electrons. The maximum Gasteiger partial charge on any atom is 0.424 e. The van der Waals surface area contributed by atoms with Crippen molar-refractivity contribution < 1.29 is 37.0 Å². The molecule has 5 rings (SSSR count). The van der Waals surface area contributed by atoms with Gasteiger partial charge in [0.25, 0.3) is 5.91 Å². The lowest BCUT2D eigenvalue weighted by atomic mass is 9.81.